The Bertz CT molecular complexity index is 901. The van der Waals surface area contributed by atoms with Gasteiger partial charge in [0.25, 0.3) is 0 Å². The van der Waals surface area contributed by atoms with Crippen LogP contribution in [0.4, 0.5) is 4.39 Å². The van der Waals surface area contributed by atoms with Crippen LogP contribution in [0.1, 0.15) is 17.2 Å². The third-order valence-corrected chi connectivity index (χ3v) is 4.76. The molecule has 2 heterocycles. The fourth-order valence-corrected chi connectivity index (χ4v) is 3.40. The Morgan fingerprint density at radius 1 is 1.26 bits per heavy atom. The van der Waals surface area contributed by atoms with E-state index >= 15 is 0 Å². The molecule has 2 aliphatic rings. The number of likely N-dealkylation sites (N-methyl/N-ethyl adjacent to an activating group) is 1. The van der Waals surface area contributed by atoms with Crippen LogP contribution >= 0.6 is 0 Å². The highest BCUT2D eigenvalue weighted by atomic mass is 19.1. The zero-order valence-electron chi connectivity index (χ0n) is 15.3. The number of rotatable bonds is 3. The lowest BCUT2D eigenvalue weighted by Gasteiger charge is -2.32. The number of ether oxygens (including phenoxy) is 4. The highest BCUT2D eigenvalue weighted by Gasteiger charge is 2.33. The molecule has 0 fully saturated rings. The van der Waals surface area contributed by atoms with Gasteiger partial charge in [0.1, 0.15) is 24.2 Å². The molecule has 5 nitrogen and oxygen atoms in total. The van der Waals surface area contributed by atoms with Gasteiger partial charge < -0.3 is 18.9 Å². The first-order chi connectivity index (χ1) is 13.2. The Morgan fingerprint density at radius 3 is 2.85 bits per heavy atom. The molecule has 2 aromatic carbocycles. The van der Waals surface area contributed by atoms with Gasteiger partial charge in [-0.05, 0) is 49.4 Å². The molecule has 0 saturated carbocycles. The molecular formula is C21H20FNO4. The Labute approximate surface area is 157 Å². The predicted octanol–water partition coefficient (Wildman–Crippen LogP) is 3.17. The molecule has 0 aromatic heterocycles. The van der Waals surface area contributed by atoms with Crippen molar-refractivity contribution >= 4 is 0 Å². The molecule has 0 radical (unpaired) electrons. The van der Waals surface area contributed by atoms with Crippen LogP contribution in [-0.4, -0.2) is 39.0 Å². The smallest absolute Gasteiger partial charge is 0.231 e. The van der Waals surface area contributed by atoms with Crippen molar-refractivity contribution in [3.8, 4) is 34.8 Å². The van der Waals surface area contributed by atoms with Crippen LogP contribution in [0.5, 0.6) is 23.0 Å². The summed E-state index contributed by atoms with van der Waals surface area (Å²) in [7, 11) is 3.67. The molecular weight excluding hydrogens is 349 g/mol. The first-order valence-electron chi connectivity index (χ1n) is 8.73. The molecule has 27 heavy (non-hydrogen) atoms. The van der Waals surface area contributed by atoms with E-state index in [1.807, 2.05) is 13.1 Å². The summed E-state index contributed by atoms with van der Waals surface area (Å²) in [6, 6.07) is 7.79. The molecule has 2 aliphatic heterocycles. The van der Waals surface area contributed by atoms with Crippen molar-refractivity contribution < 1.29 is 23.3 Å². The van der Waals surface area contributed by atoms with Crippen molar-refractivity contribution in [3.05, 3.63) is 47.3 Å². The molecule has 6 heteroatoms. The lowest BCUT2D eigenvalue weighted by Crippen LogP contribution is -2.31. The van der Waals surface area contributed by atoms with Gasteiger partial charge in [0, 0.05) is 12.1 Å². The molecule has 0 saturated heterocycles. The zero-order valence-corrected chi connectivity index (χ0v) is 15.3. The molecule has 0 bridgehead atoms. The summed E-state index contributed by atoms with van der Waals surface area (Å²) in [6.07, 6.45) is 0.892. The summed E-state index contributed by atoms with van der Waals surface area (Å²) < 4.78 is 35.3. The van der Waals surface area contributed by atoms with E-state index in [2.05, 4.69) is 16.7 Å². The molecule has 0 spiro atoms. The maximum Gasteiger partial charge on any atom is 0.231 e. The molecule has 4 rings (SSSR count). The van der Waals surface area contributed by atoms with E-state index in [1.54, 1.807) is 19.2 Å². The number of benzene rings is 2. The van der Waals surface area contributed by atoms with E-state index in [-0.39, 0.29) is 25.3 Å². The molecule has 1 atom stereocenters. The number of halogens is 1. The molecule has 0 unspecified atom stereocenters. The highest BCUT2D eigenvalue weighted by Crippen LogP contribution is 2.49. The first kappa shape index (κ1) is 17.5. The van der Waals surface area contributed by atoms with Crippen molar-refractivity contribution in [1.29, 1.82) is 0 Å². The van der Waals surface area contributed by atoms with E-state index < -0.39 is 0 Å². The van der Waals surface area contributed by atoms with Crippen molar-refractivity contribution in [2.45, 2.75) is 12.5 Å². The van der Waals surface area contributed by atoms with Gasteiger partial charge in [-0.1, -0.05) is 11.8 Å². The summed E-state index contributed by atoms with van der Waals surface area (Å²) in [4.78, 5) is 2.18. The fraction of sp³-hybridized carbons (Fsp3) is 0.333. The van der Waals surface area contributed by atoms with Crippen LogP contribution in [0.3, 0.4) is 0 Å². The molecule has 0 amide bonds. The first-order valence-corrected chi connectivity index (χ1v) is 8.73. The topological polar surface area (TPSA) is 40.2 Å². The monoisotopic (exact) mass is 369 g/mol. The average Bonchev–Trinajstić information content (AvgIpc) is 3.14. The molecule has 2 aromatic rings. The minimum Gasteiger partial charge on any atom is -0.492 e. The van der Waals surface area contributed by atoms with Crippen LogP contribution in [0.15, 0.2) is 30.3 Å². The van der Waals surface area contributed by atoms with Gasteiger partial charge in [-0.3, -0.25) is 4.90 Å². The van der Waals surface area contributed by atoms with E-state index in [0.29, 0.717) is 17.2 Å². The van der Waals surface area contributed by atoms with Crippen molar-refractivity contribution in [2.24, 2.45) is 0 Å². The van der Waals surface area contributed by atoms with Gasteiger partial charge in [-0.2, -0.15) is 0 Å². The van der Waals surface area contributed by atoms with Gasteiger partial charge in [0.05, 0.1) is 7.11 Å². The maximum atomic E-state index is 12.9. The van der Waals surface area contributed by atoms with Gasteiger partial charge in [-0.25, -0.2) is 4.39 Å². The van der Waals surface area contributed by atoms with Gasteiger partial charge >= 0.3 is 0 Å². The summed E-state index contributed by atoms with van der Waals surface area (Å²) in [5, 5.41) is 0. The minimum absolute atomic E-state index is 0.130. The second-order valence-electron chi connectivity index (χ2n) is 6.41. The predicted molar refractivity (Wildman–Crippen MR) is 97.9 cm³/mol. The van der Waals surface area contributed by atoms with Gasteiger partial charge in [0.2, 0.25) is 12.5 Å². The quantitative estimate of drug-likeness (QED) is 0.778. The Balaban J connectivity index is 1.58. The van der Waals surface area contributed by atoms with Crippen LogP contribution in [-0.2, 0) is 6.42 Å². The average molecular weight is 369 g/mol. The van der Waals surface area contributed by atoms with Crippen molar-refractivity contribution in [1.82, 2.24) is 4.90 Å². The zero-order chi connectivity index (χ0) is 18.8. The summed E-state index contributed by atoms with van der Waals surface area (Å²) in [5.74, 6) is 8.69. The summed E-state index contributed by atoms with van der Waals surface area (Å²) in [5.41, 5.74) is 2.18. The third kappa shape index (κ3) is 3.38. The van der Waals surface area contributed by atoms with Crippen LogP contribution in [0.2, 0.25) is 0 Å². The van der Waals surface area contributed by atoms with Crippen LogP contribution in [0.25, 0.3) is 0 Å². The van der Waals surface area contributed by atoms with E-state index in [0.717, 1.165) is 29.8 Å². The second-order valence-corrected chi connectivity index (χ2v) is 6.41. The van der Waals surface area contributed by atoms with Crippen LogP contribution < -0.4 is 18.9 Å². The van der Waals surface area contributed by atoms with E-state index in [1.165, 1.54) is 12.1 Å². The standard InChI is InChI=1S/C21H20FNO4/c1-23-10-9-14-12-18-20(27-13-26-18)21(24-2)19(14)17(23)4-3-11-25-16-7-5-15(22)6-8-16/h5-8,12,17H,9-11,13H2,1-2H3/t17-/m0/s1. The Morgan fingerprint density at radius 2 is 2.07 bits per heavy atom. The largest absolute Gasteiger partial charge is 0.492 e. The van der Waals surface area contributed by atoms with Crippen molar-refractivity contribution in [3.63, 3.8) is 0 Å². The van der Waals surface area contributed by atoms with E-state index in [9.17, 15) is 4.39 Å². The molecule has 140 valence electrons. The summed E-state index contributed by atoms with van der Waals surface area (Å²) in [6.45, 7) is 1.30. The number of fused-ring (bicyclic) bond motifs is 2. The Kier molecular flexibility index (Phi) is 4.78. The number of nitrogens with zero attached hydrogens (tertiary/aromatic N) is 1. The number of hydrogen-bond donors (Lipinski definition) is 0. The lowest BCUT2D eigenvalue weighted by atomic mass is 9.91. The van der Waals surface area contributed by atoms with E-state index in [4.69, 9.17) is 18.9 Å². The summed E-state index contributed by atoms with van der Waals surface area (Å²) >= 11 is 0. The molecule has 0 aliphatic carbocycles. The molecule has 0 N–H and O–H groups in total. The van der Waals surface area contributed by atoms with Crippen molar-refractivity contribution in [2.75, 3.05) is 34.1 Å². The number of methoxy groups -OCH3 is 1. The van der Waals surface area contributed by atoms with Gasteiger partial charge in [0.15, 0.2) is 11.5 Å². The maximum absolute atomic E-state index is 12.9. The fourth-order valence-electron chi connectivity index (χ4n) is 3.40. The third-order valence-electron chi connectivity index (χ3n) is 4.76. The lowest BCUT2D eigenvalue weighted by molar-refractivity contribution is 0.171. The SMILES string of the molecule is COc1c2c(cc3c1[C@H](C#CCOc1ccc(F)cc1)N(C)CC3)OCO2. The Hall–Kier alpha value is -2.91. The highest BCUT2D eigenvalue weighted by molar-refractivity contribution is 5.62. The number of hydrogen-bond acceptors (Lipinski definition) is 5. The normalized spacial score (nSPS) is 17.7. The van der Waals surface area contributed by atoms with Crippen LogP contribution in [0, 0.1) is 17.7 Å². The van der Waals surface area contributed by atoms with Gasteiger partial charge in [-0.15, -0.1) is 0 Å². The second kappa shape index (κ2) is 7.37. The minimum atomic E-state index is -0.292.